The molecule has 0 radical (unpaired) electrons. The molecular formula is C11H10N4O2S. The molecule has 1 aliphatic rings. The van der Waals surface area contributed by atoms with E-state index < -0.39 is 4.92 Å². The number of nitrogens with zero attached hydrogens (tertiary/aromatic N) is 3. The first kappa shape index (κ1) is 11.1. The van der Waals surface area contributed by atoms with Crippen LogP contribution in [0.3, 0.4) is 0 Å². The van der Waals surface area contributed by atoms with Crippen LogP contribution in [0, 0.1) is 14.9 Å². The Balaban J connectivity index is 2.04. The van der Waals surface area contributed by atoms with Gasteiger partial charge in [0, 0.05) is 23.7 Å². The van der Waals surface area contributed by atoms with Crippen molar-refractivity contribution in [1.82, 2.24) is 14.8 Å². The molecule has 1 heterocycles. The Morgan fingerprint density at radius 3 is 2.61 bits per heavy atom. The zero-order valence-corrected chi connectivity index (χ0v) is 10.2. The summed E-state index contributed by atoms with van der Waals surface area (Å²) >= 11 is 5.19. The van der Waals surface area contributed by atoms with Crippen molar-refractivity contribution in [3.05, 3.63) is 39.2 Å². The number of benzene rings is 1. The molecule has 1 aromatic heterocycles. The molecule has 1 N–H and O–H groups in total. The summed E-state index contributed by atoms with van der Waals surface area (Å²) < 4.78 is 2.59. The molecule has 0 amide bonds. The lowest BCUT2D eigenvalue weighted by molar-refractivity contribution is -0.384. The lowest BCUT2D eigenvalue weighted by atomic mass is 10.2. The average Bonchev–Trinajstić information content (AvgIpc) is 3.13. The van der Waals surface area contributed by atoms with Crippen molar-refractivity contribution in [3.8, 4) is 11.4 Å². The molecule has 6 nitrogen and oxygen atoms in total. The quantitative estimate of drug-likeness (QED) is 0.524. The highest BCUT2D eigenvalue weighted by Gasteiger charge is 2.27. The van der Waals surface area contributed by atoms with Crippen LogP contribution in [0.4, 0.5) is 5.69 Å². The first-order chi connectivity index (χ1) is 8.66. The Bertz CT molecular complexity index is 654. The molecule has 1 aliphatic carbocycles. The van der Waals surface area contributed by atoms with Crippen molar-refractivity contribution in [2.75, 3.05) is 0 Å². The van der Waals surface area contributed by atoms with Gasteiger partial charge in [0.2, 0.25) is 0 Å². The first-order valence-corrected chi connectivity index (χ1v) is 5.99. The number of rotatable bonds is 3. The smallest absolute Gasteiger partial charge is 0.269 e. The number of aromatic amines is 1. The second-order valence-electron chi connectivity index (χ2n) is 4.26. The maximum absolute atomic E-state index is 10.6. The molecule has 18 heavy (non-hydrogen) atoms. The summed E-state index contributed by atoms with van der Waals surface area (Å²) in [7, 11) is 0. The van der Waals surface area contributed by atoms with Crippen LogP contribution in [0.25, 0.3) is 11.4 Å². The number of nitrogens with one attached hydrogen (secondary N) is 1. The van der Waals surface area contributed by atoms with E-state index in [1.54, 1.807) is 12.1 Å². The van der Waals surface area contributed by atoms with E-state index in [0.29, 0.717) is 10.8 Å². The van der Waals surface area contributed by atoms with Gasteiger partial charge < -0.3 is 0 Å². The molecule has 0 unspecified atom stereocenters. The van der Waals surface area contributed by atoms with Gasteiger partial charge in [-0.15, -0.1) is 0 Å². The number of aromatic nitrogens is 3. The van der Waals surface area contributed by atoms with Crippen LogP contribution in [0.5, 0.6) is 0 Å². The molecular weight excluding hydrogens is 252 g/mol. The first-order valence-electron chi connectivity index (χ1n) is 5.58. The zero-order chi connectivity index (χ0) is 12.7. The van der Waals surface area contributed by atoms with Gasteiger partial charge in [0.25, 0.3) is 5.69 Å². The lowest BCUT2D eigenvalue weighted by Gasteiger charge is -2.04. The standard InChI is InChI=1S/C11H10N4O2S/c16-15(17)9-3-1-7(2-4-9)10-12-13-11(18)14(10)8-5-6-8/h1-4,8H,5-6H2,(H,13,18). The lowest BCUT2D eigenvalue weighted by Crippen LogP contribution is -1.97. The minimum absolute atomic E-state index is 0.0749. The average molecular weight is 262 g/mol. The molecule has 0 bridgehead atoms. The molecule has 0 atom stereocenters. The molecule has 2 aromatic rings. The van der Waals surface area contributed by atoms with Gasteiger partial charge in [-0.05, 0) is 37.2 Å². The van der Waals surface area contributed by atoms with E-state index in [2.05, 4.69) is 10.2 Å². The van der Waals surface area contributed by atoms with E-state index in [1.165, 1.54) is 12.1 Å². The van der Waals surface area contributed by atoms with Gasteiger partial charge >= 0.3 is 0 Å². The van der Waals surface area contributed by atoms with Crippen molar-refractivity contribution in [1.29, 1.82) is 0 Å². The highest BCUT2D eigenvalue weighted by atomic mass is 32.1. The molecule has 3 rings (SSSR count). The molecule has 0 aliphatic heterocycles. The van der Waals surface area contributed by atoms with Crippen molar-refractivity contribution < 1.29 is 4.92 Å². The van der Waals surface area contributed by atoms with E-state index in [-0.39, 0.29) is 5.69 Å². The molecule has 1 saturated carbocycles. The summed E-state index contributed by atoms with van der Waals surface area (Å²) in [5, 5.41) is 17.6. The van der Waals surface area contributed by atoms with Gasteiger partial charge in [0.15, 0.2) is 10.6 Å². The van der Waals surface area contributed by atoms with Crippen LogP contribution in [0.2, 0.25) is 0 Å². The molecule has 0 spiro atoms. The van der Waals surface area contributed by atoms with Crippen LogP contribution in [-0.4, -0.2) is 19.7 Å². The largest absolute Gasteiger partial charge is 0.297 e. The van der Waals surface area contributed by atoms with Gasteiger partial charge in [-0.3, -0.25) is 19.8 Å². The van der Waals surface area contributed by atoms with Gasteiger partial charge in [0.1, 0.15) is 0 Å². The maximum atomic E-state index is 10.6. The number of nitro benzene ring substituents is 1. The SMILES string of the molecule is O=[N+]([O-])c1ccc(-c2n[nH]c(=S)n2C2CC2)cc1. The summed E-state index contributed by atoms with van der Waals surface area (Å²) in [4.78, 5) is 10.2. The normalized spacial score (nSPS) is 14.7. The number of nitro groups is 1. The minimum Gasteiger partial charge on any atom is -0.297 e. The predicted octanol–water partition coefficient (Wildman–Crippen LogP) is 2.85. The number of non-ortho nitro benzene ring substituents is 1. The van der Waals surface area contributed by atoms with Crippen LogP contribution in [0.15, 0.2) is 24.3 Å². The van der Waals surface area contributed by atoms with E-state index in [9.17, 15) is 10.1 Å². The Morgan fingerprint density at radius 1 is 1.39 bits per heavy atom. The van der Waals surface area contributed by atoms with Crippen molar-refractivity contribution >= 4 is 17.9 Å². The Labute approximate surface area is 107 Å². The van der Waals surface area contributed by atoms with E-state index in [0.717, 1.165) is 24.2 Å². The van der Waals surface area contributed by atoms with Gasteiger partial charge in [-0.1, -0.05) is 0 Å². The summed E-state index contributed by atoms with van der Waals surface area (Å²) in [6.45, 7) is 0. The molecule has 1 aromatic carbocycles. The van der Waals surface area contributed by atoms with Crippen molar-refractivity contribution in [2.45, 2.75) is 18.9 Å². The minimum atomic E-state index is -0.415. The summed E-state index contributed by atoms with van der Waals surface area (Å²) in [6, 6.07) is 6.76. The fourth-order valence-electron chi connectivity index (χ4n) is 1.91. The summed E-state index contributed by atoms with van der Waals surface area (Å²) in [6.07, 6.45) is 2.21. The highest BCUT2D eigenvalue weighted by molar-refractivity contribution is 7.71. The van der Waals surface area contributed by atoms with Crippen LogP contribution < -0.4 is 0 Å². The Kier molecular flexibility index (Phi) is 2.48. The summed E-state index contributed by atoms with van der Waals surface area (Å²) in [5.41, 5.74) is 0.908. The number of hydrogen-bond acceptors (Lipinski definition) is 4. The van der Waals surface area contributed by atoms with E-state index >= 15 is 0 Å². The molecule has 92 valence electrons. The second-order valence-corrected chi connectivity index (χ2v) is 4.64. The van der Waals surface area contributed by atoms with Gasteiger partial charge in [-0.25, -0.2) is 0 Å². The highest BCUT2D eigenvalue weighted by Crippen LogP contribution is 2.38. The van der Waals surface area contributed by atoms with Crippen molar-refractivity contribution in [2.24, 2.45) is 0 Å². The zero-order valence-electron chi connectivity index (χ0n) is 9.37. The van der Waals surface area contributed by atoms with Crippen LogP contribution >= 0.6 is 12.2 Å². The third kappa shape index (κ3) is 1.82. The molecule has 0 saturated heterocycles. The molecule has 1 fully saturated rings. The Morgan fingerprint density at radius 2 is 2.06 bits per heavy atom. The van der Waals surface area contributed by atoms with Crippen LogP contribution in [-0.2, 0) is 0 Å². The third-order valence-electron chi connectivity index (χ3n) is 2.95. The third-order valence-corrected chi connectivity index (χ3v) is 3.24. The monoisotopic (exact) mass is 262 g/mol. The second kappa shape index (κ2) is 4.02. The van der Waals surface area contributed by atoms with E-state index in [4.69, 9.17) is 12.2 Å². The van der Waals surface area contributed by atoms with E-state index in [1.807, 2.05) is 4.57 Å². The molecule has 7 heteroatoms. The number of hydrogen-bond donors (Lipinski definition) is 1. The Hall–Kier alpha value is -2.02. The topological polar surface area (TPSA) is 76.8 Å². The fraction of sp³-hybridized carbons (Fsp3) is 0.273. The fourth-order valence-corrected chi connectivity index (χ4v) is 2.19. The maximum Gasteiger partial charge on any atom is 0.269 e. The van der Waals surface area contributed by atoms with Crippen molar-refractivity contribution in [3.63, 3.8) is 0 Å². The predicted molar refractivity (Wildman–Crippen MR) is 67.8 cm³/mol. The number of H-pyrrole nitrogens is 1. The van der Waals surface area contributed by atoms with Gasteiger partial charge in [-0.2, -0.15) is 5.10 Å². The summed E-state index contributed by atoms with van der Waals surface area (Å²) in [5.74, 6) is 0.748. The van der Waals surface area contributed by atoms with Crippen LogP contribution in [0.1, 0.15) is 18.9 Å². The van der Waals surface area contributed by atoms with Gasteiger partial charge in [0.05, 0.1) is 4.92 Å².